The number of hydrogen-bond acceptors (Lipinski definition) is 1. The number of para-hydroxylation sites is 2. The molecule has 0 unspecified atom stereocenters. The fraction of sp³-hybridized carbons (Fsp3) is 0.294. The molecule has 18 heavy (non-hydrogen) atoms. The lowest BCUT2D eigenvalue weighted by Gasteiger charge is -2.37. The molecule has 3 rings (SSSR count). The number of anilines is 2. The lowest BCUT2D eigenvalue weighted by Crippen LogP contribution is -2.24. The molecule has 0 radical (unpaired) electrons. The number of nitrogens with one attached hydrogen (secondary N) is 1. The molecule has 0 saturated carbocycles. The van der Waals surface area contributed by atoms with Crippen molar-refractivity contribution < 1.29 is 0 Å². The second-order valence-corrected chi connectivity index (χ2v) is 6.10. The highest BCUT2D eigenvalue weighted by molar-refractivity contribution is 5.73. The van der Waals surface area contributed by atoms with Crippen LogP contribution in [0.3, 0.4) is 0 Å². The number of fused-ring (bicyclic) bond motifs is 2. The summed E-state index contributed by atoms with van der Waals surface area (Å²) in [6.07, 6.45) is 0. The van der Waals surface area contributed by atoms with E-state index in [-0.39, 0.29) is 5.41 Å². The molecule has 2 aromatic carbocycles. The van der Waals surface area contributed by atoms with Crippen LogP contribution >= 0.6 is 0 Å². The van der Waals surface area contributed by atoms with Gasteiger partial charge >= 0.3 is 0 Å². The Morgan fingerprint density at radius 3 is 1.67 bits per heavy atom. The molecule has 1 heteroatoms. The van der Waals surface area contributed by atoms with Crippen LogP contribution < -0.4 is 5.32 Å². The van der Waals surface area contributed by atoms with E-state index in [0.29, 0.717) is 5.92 Å². The molecule has 1 heterocycles. The van der Waals surface area contributed by atoms with Crippen molar-refractivity contribution in [3.05, 3.63) is 59.7 Å². The standard InChI is InChI=1S/C17H19N/c1-17(2,3)16-12-8-4-6-10-14(12)18-15-11-7-5-9-13(15)16/h4-11,16,18H,1-3H3. The molecule has 1 N–H and O–H groups in total. The fourth-order valence-electron chi connectivity index (χ4n) is 2.97. The Labute approximate surface area is 109 Å². The van der Waals surface area contributed by atoms with E-state index in [9.17, 15) is 0 Å². The number of benzene rings is 2. The third-order valence-electron chi connectivity index (χ3n) is 3.68. The predicted molar refractivity (Wildman–Crippen MR) is 77.5 cm³/mol. The first-order valence-corrected chi connectivity index (χ1v) is 6.52. The average molecular weight is 237 g/mol. The molecular formula is C17H19N. The Morgan fingerprint density at radius 2 is 1.22 bits per heavy atom. The van der Waals surface area contributed by atoms with Crippen molar-refractivity contribution in [1.29, 1.82) is 0 Å². The van der Waals surface area contributed by atoms with Crippen LogP contribution in [0.5, 0.6) is 0 Å². The molecule has 0 fully saturated rings. The van der Waals surface area contributed by atoms with Gasteiger partial charge in [0.15, 0.2) is 0 Å². The third-order valence-corrected chi connectivity index (χ3v) is 3.68. The van der Waals surface area contributed by atoms with Crippen molar-refractivity contribution in [2.45, 2.75) is 26.7 Å². The zero-order valence-corrected chi connectivity index (χ0v) is 11.2. The van der Waals surface area contributed by atoms with Crippen LogP contribution in [0.4, 0.5) is 11.4 Å². The third kappa shape index (κ3) is 1.71. The fourth-order valence-corrected chi connectivity index (χ4v) is 2.97. The van der Waals surface area contributed by atoms with Gasteiger partial charge in [-0.15, -0.1) is 0 Å². The highest BCUT2D eigenvalue weighted by atomic mass is 14.9. The van der Waals surface area contributed by atoms with Crippen LogP contribution in [0.2, 0.25) is 0 Å². The summed E-state index contributed by atoms with van der Waals surface area (Å²) >= 11 is 0. The van der Waals surface area contributed by atoms with Gasteiger partial charge in [0, 0.05) is 17.3 Å². The predicted octanol–water partition coefficient (Wildman–Crippen LogP) is 4.92. The minimum atomic E-state index is 0.217. The second kappa shape index (κ2) is 3.88. The van der Waals surface area contributed by atoms with Crippen molar-refractivity contribution in [3.8, 4) is 0 Å². The van der Waals surface area contributed by atoms with E-state index in [4.69, 9.17) is 0 Å². The Balaban J connectivity index is 2.24. The Hall–Kier alpha value is -1.76. The zero-order chi connectivity index (χ0) is 12.8. The molecule has 0 amide bonds. The molecule has 1 nitrogen and oxygen atoms in total. The largest absolute Gasteiger partial charge is 0.355 e. The summed E-state index contributed by atoms with van der Waals surface area (Å²) in [6.45, 7) is 6.95. The van der Waals surface area contributed by atoms with E-state index in [1.165, 1.54) is 22.5 Å². The van der Waals surface area contributed by atoms with Crippen LogP contribution in [0.25, 0.3) is 0 Å². The monoisotopic (exact) mass is 237 g/mol. The van der Waals surface area contributed by atoms with Gasteiger partial charge in [0.05, 0.1) is 0 Å². The quantitative estimate of drug-likeness (QED) is 0.685. The number of hydrogen-bond donors (Lipinski definition) is 1. The summed E-state index contributed by atoms with van der Waals surface area (Å²) in [7, 11) is 0. The van der Waals surface area contributed by atoms with Gasteiger partial charge in [0.25, 0.3) is 0 Å². The van der Waals surface area contributed by atoms with Crippen LogP contribution in [0.15, 0.2) is 48.5 Å². The minimum absolute atomic E-state index is 0.217. The molecule has 1 aliphatic heterocycles. The van der Waals surface area contributed by atoms with E-state index in [1.54, 1.807) is 0 Å². The smallest absolute Gasteiger partial charge is 0.0423 e. The van der Waals surface area contributed by atoms with Gasteiger partial charge in [-0.3, -0.25) is 0 Å². The topological polar surface area (TPSA) is 12.0 Å². The molecule has 92 valence electrons. The molecule has 0 aliphatic carbocycles. The highest BCUT2D eigenvalue weighted by Crippen LogP contribution is 2.49. The van der Waals surface area contributed by atoms with Crippen LogP contribution in [0.1, 0.15) is 37.8 Å². The maximum absolute atomic E-state index is 3.54. The summed E-state index contributed by atoms with van der Waals surface area (Å²) < 4.78 is 0. The van der Waals surface area contributed by atoms with Gasteiger partial charge in [-0.1, -0.05) is 57.2 Å². The van der Waals surface area contributed by atoms with Crippen LogP contribution in [-0.2, 0) is 0 Å². The first-order valence-electron chi connectivity index (χ1n) is 6.52. The first-order chi connectivity index (χ1) is 8.57. The maximum Gasteiger partial charge on any atom is 0.0423 e. The van der Waals surface area contributed by atoms with E-state index >= 15 is 0 Å². The second-order valence-electron chi connectivity index (χ2n) is 6.10. The molecule has 0 atom stereocenters. The zero-order valence-electron chi connectivity index (χ0n) is 11.2. The molecule has 0 bridgehead atoms. The van der Waals surface area contributed by atoms with Gasteiger partial charge in [-0.25, -0.2) is 0 Å². The van der Waals surface area contributed by atoms with E-state index in [2.05, 4.69) is 74.6 Å². The van der Waals surface area contributed by atoms with Gasteiger partial charge in [0.2, 0.25) is 0 Å². The summed E-state index contributed by atoms with van der Waals surface area (Å²) in [5, 5.41) is 3.54. The van der Waals surface area contributed by atoms with Crippen molar-refractivity contribution >= 4 is 11.4 Å². The van der Waals surface area contributed by atoms with E-state index in [0.717, 1.165) is 0 Å². The van der Waals surface area contributed by atoms with E-state index in [1.807, 2.05) is 0 Å². The highest BCUT2D eigenvalue weighted by Gasteiger charge is 2.33. The molecule has 0 aromatic heterocycles. The summed E-state index contributed by atoms with van der Waals surface area (Å²) in [5.74, 6) is 0.450. The normalized spacial score (nSPS) is 14.6. The molecule has 0 spiro atoms. The maximum atomic E-state index is 3.54. The molecule has 1 aliphatic rings. The summed E-state index contributed by atoms with van der Waals surface area (Å²) in [6, 6.07) is 17.3. The average Bonchev–Trinajstić information content (AvgIpc) is 2.34. The van der Waals surface area contributed by atoms with Crippen LogP contribution in [0, 0.1) is 5.41 Å². The SMILES string of the molecule is CC(C)(C)C1c2ccccc2Nc2ccccc21. The molecular weight excluding hydrogens is 218 g/mol. The minimum Gasteiger partial charge on any atom is -0.355 e. The van der Waals surface area contributed by atoms with Gasteiger partial charge in [0.1, 0.15) is 0 Å². The van der Waals surface area contributed by atoms with Gasteiger partial charge < -0.3 is 5.32 Å². The number of rotatable bonds is 0. The lowest BCUT2D eigenvalue weighted by molar-refractivity contribution is 0.358. The summed E-state index contributed by atoms with van der Waals surface area (Å²) in [5.41, 5.74) is 5.52. The lowest BCUT2D eigenvalue weighted by atomic mass is 9.70. The van der Waals surface area contributed by atoms with Crippen molar-refractivity contribution in [2.75, 3.05) is 5.32 Å². The van der Waals surface area contributed by atoms with Crippen molar-refractivity contribution in [2.24, 2.45) is 5.41 Å². The Morgan fingerprint density at radius 1 is 0.778 bits per heavy atom. The molecule has 0 saturated heterocycles. The van der Waals surface area contributed by atoms with Crippen LogP contribution in [-0.4, -0.2) is 0 Å². The molecule has 2 aromatic rings. The van der Waals surface area contributed by atoms with Gasteiger partial charge in [-0.2, -0.15) is 0 Å². The Kier molecular flexibility index (Phi) is 2.44. The Bertz CT molecular complexity index is 533. The van der Waals surface area contributed by atoms with Crippen molar-refractivity contribution in [3.63, 3.8) is 0 Å². The van der Waals surface area contributed by atoms with Gasteiger partial charge in [-0.05, 0) is 28.7 Å². The first kappa shape index (κ1) is 11.3. The van der Waals surface area contributed by atoms with E-state index < -0.39 is 0 Å². The summed E-state index contributed by atoms with van der Waals surface area (Å²) in [4.78, 5) is 0. The van der Waals surface area contributed by atoms with Crippen molar-refractivity contribution in [1.82, 2.24) is 0 Å².